The highest BCUT2D eigenvalue weighted by atomic mass is 14.3. The molecule has 13 heavy (non-hydrogen) atoms. The molecular weight excluding hydrogens is 156 g/mol. The fourth-order valence-electron chi connectivity index (χ4n) is 2.05. The molecule has 2 rings (SSSR count). The maximum Gasteiger partial charge on any atom is -0.00866 e. The third-order valence-corrected chi connectivity index (χ3v) is 2.77. The minimum atomic E-state index is 0.592. The first-order chi connectivity index (χ1) is 6.33. The second-order valence-corrected chi connectivity index (χ2v) is 3.61. The van der Waals surface area contributed by atoms with Gasteiger partial charge in [-0.05, 0) is 35.5 Å². The van der Waals surface area contributed by atoms with Crippen molar-refractivity contribution < 1.29 is 0 Å². The van der Waals surface area contributed by atoms with Gasteiger partial charge in [-0.15, -0.1) is 6.58 Å². The molecule has 0 N–H and O–H groups in total. The van der Waals surface area contributed by atoms with Crippen molar-refractivity contribution in [2.45, 2.75) is 12.8 Å². The molecule has 1 aromatic carbocycles. The average molecular weight is 170 g/mol. The molecule has 0 aliphatic heterocycles. The van der Waals surface area contributed by atoms with E-state index in [9.17, 15) is 0 Å². The summed E-state index contributed by atoms with van der Waals surface area (Å²) < 4.78 is 0. The topological polar surface area (TPSA) is 0 Å². The van der Waals surface area contributed by atoms with Gasteiger partial charge in [-0.1, -0.05) is 36.9 Å². The van der Waals surface area contributed by atoms with Crippen LogP contribution in [0, 0.1) is 5.92 Å². The van der Waals surface area contributed by atoms with E-state index in [1.807, 2.05) is 6.08 Å². The Morgan fingerprint density at radius 3 is 2.85 bits per heavy atom. The van der Waals surface area contributed by atoms with Crippen LogP contribution in [-0.4, -0.2) is 0 Å². The number of hydrogen-bond donors (Lipinski definition) is 0. The summed E-state index contributed by atoms with van der Waals surface area (Å²) in [6.07, 6.45) is 4.18. The lowest BCUT2D eigenvalue weighted by atomic mass is 9.98. The van der Waals surface area contributed by atoms with Gasteiger partial charge in [0.05, 0.1) is 0 Å². The number of fused-ring (bicyclic) bond motifs is 1. The molecule has 0 radical (unpaired) electrons. The van der Waals surface area contributed by atoms with E-state index in [2.05, 4.69) is 37.4 Å². The summed E-state index contributed by atoms with van der Waals surface area (Å²) in [5, 5.41) is 0. The van der Waals surface area contributed by atoms with E-state index in [-0.39, 0.29) is 0 Å². The van der Waals surface area contributed by atoms with Crippen molar-refractivity contribution in [2.24, 2.45) is 5.92 Å². The van der Waals surface area contributed by atoms with Gasteiger partial charge in [-0.2, -0.15) is 0 Å². The molecule has 0 heterocycles. The molecule has 0 saturated carbocycles. The molecule has 1 aromatic rings. The lowest BCUT2D eigenvalue weighted by Gasteiger charge is -2.06. The highest BCUT2D eigenvalue weighted by Gasteiger charge is 2.23. The van der Waals surface area contributed by atoms with Gasteiger partial charge in [-0.25, -0.2) is 0 Å². The molecule has 66 valence electrons. The van der Waals surface area contributed by atoms with Crippen LogP contribution < -0.4 is 0 Å². The summed E-state index contributed by atoms with van der Waals surface area (Å²) in [4.78, 5) is 0. The zero-order valence-corrected chi connectivity index (χ0v) is 7.79. The maximum atomic E-state index is 4.15. The molecule has 1 aliphatic rings. The summed E-state index contributed by atoms with van der Waals surface area (Å²) in [5.41, 5.74) is 4.09. The molecule has 1 unspecified atom stereocenters. The SMILES string of the molecule is C=CCC1Cc2ccccc2C1=C. The molecule has 0 nitrogen and oxygen atoms in total. The minimum absolute atomic E-state index is 0.592. The molecule has 1 atom stereocenters. The van der Waals surface area contributed by atoms with E-state index in [0.29, 0.717) is 5.92 Å². The summed E-state index contributed by atoms with van der Waals surface area (Å²) in [6.45, 7) is 7.93. The summed E-state index contributed by atoms with van der Waals surface area (Å²) >= 11 is 0. The first kappa shape index (κ1) is 8.31. The molecule has 0 bridgehead atoms. The Kier molecular flexibility index (Phi) is 2.05. The Labute approximate surface area is 79.6 Å². The predicted octanol–water partition coefficient (Wildman–Crippen LogP) is 3.45. The number of hydrogen-bond acceptors (Lipinski definition) is 0. The third kappa shape index (κ3) is 1.33. The van der Waals surface area contributed by atoms with Crippen molar-refractivity contribution in [2.75, 3.05) is 0 Å². The van der Waals surface area contributed by atoms with Crippen LogP contribution in [0.2, 0.25) is 0 Å². The van der Waals surface area contributed by atoms with E-state index in [4.69, 9.17) is 0 Å². The number of benzene rings is 1. The van der Waals surface area contributed by atoms with E-state index < -0.39 is 0 Å². The Balaban J connectivity index is 2.32. The van der Waals surface area contributed by atoms with E-state index in [0.717, 1.165) is 12.8 Å². The second-order valence-electron chi connectivity index (χ2n) is 3.61. The minimum Gasteiger partial charge on any atom is -0.103 e. The summed E-state index contributed by atoms with van der Waals surface area (Å²) in [7, 11) is 0. The van der Waals surface area contributed by atoms with Gasteiger partial charge in [0.2, 0.25) is 0 Å². The highest BCUT2D eigenvalue weighted by molar-refractivity contribution is 5.72. The average Bonchev–Trinajstić information content (AvgIpc) is 2.46. The molecule has 0 amide bonds. The van der Waals surface area contributed by atoms with Gasteiger partial charge in [0.15, 0.2) is 0 Å². The smallest absolute Gasteiger partial charge is 0.00866 e. The van der Waals surface area contributed by atoms with Gasteiger partial charge >= 0.3 is 0 Å². The zero-order chi connectivity index (χ0) is 9.26. The van der Waals surface area contributed by atoms with Crippen LogP contribution >= 0.6 is 0 Å². The highest BCUT2D eigenvalue weighted by Crippen LogP contribution is 2.37. The van der Waals surface area contributed by atoms with Crippen LogP contribution in [0.5, 0.6) is 0 Å². The van der Waals surface area contributed by atoms with Crippen LogP contribution in [0.4, 0.5) is 0 Å². The molecule has 1 aliphatic carbocycles. The summed E-state index contributed by atoms with van der Waals surface area (Å²) in [6, 6.07) is 8.55. The standard InChI is InChI=1S/C13H14/c1-3-6-11-9-12-7-4-5-8-13(12)10(11)2/h3-5,7-8,11H,1-2,6,9H2. The Hall–Kier alpha value is -1.30. The van der Waals surface area contributed by atoms with E-state index in [1.165, 1.54) is 16.7 Å². The molecular formula is C13H14. The lowest BCUT2D eigenvalue weighted by Crippen LogP contribution is -1.94. The van der Waals surface area contributed by atoms with Crippen molar-refractivity contribution >= 4 is 5.57 Å². The quantitative estimate of drug-likeness (QED) is 0.596. The maximum absolute atomic E-state index is 4.15. The number of rotatable bonds is 2. The van der Waals surface area contributed by atoms with Crippen LogP contribution in [0.25, 0.3) is 5.57 Å². The molecule has 0 spiro atoms. The molecule has 0 aromatic heterocycles. The molecule has 0 fully saturated rings. The molecule has 0 saturated heterocycles. The normalized spacial score (nSPS) is 20.0. The first-order valence-electron chi connectivity index (χ1n) is 4.71. The van der Waals surface area contributed by atoms with Crippen LogP contribution in [0.1, 0.15) is 17.5 Å². The Morgan fingerprint density at radius 1 is 1.38 bits per heavy atom. The van der Waals surface area contributed by atoms with Gasteiger partial charge < -0.3 is 0 Å². The monoisotopic (exact) mass is 170 g/mol. The third-order valence-electron chi connectivity index (χ3n) is 2.77. The Bertz CT molecular complexity index is 347. The fraction of sp³-hybridized carbons (Fsp3) is 0.231. The predicted molar refractivity (Wildman–Crippen MR) is 57.5 cm³/mol. The zero-order valence-electron chi connectivity index (χ0n) is 7.79. The van der Waals surface area contributed by atoms with E-state index >= 15 is 0 Å². The van der Waals surface area contributed by atoms with Crippen molar-refractivity contribution in [1.82, 2.24) is 0 Å². The lowest BCUT2D eigenvalue weighted by molar-refractivity contribution is 0.709. The fourth-order valence-corrected chi connectivity index (χ4v) is 2.05. The van der Waals surface area contributed by atoms with Crippen LogP contribution in [0.3, 0.4) is 0 Å². The second kappa shape index (κ2) is 3.21. The van der Waals surface area contributed by atoms with Gasteiger partial charge in [0.1, 0.15) is 0 Å². The molecule has 0 heteroatoms. The van der Waals surface area contributed by atoms with Gasteiger partial charge in [0.25, 0.3) is 0 Å². The largest absolute Gasteiger partial charge is 0.103 e. The van der Waals surface area contributed by atoms with Crippen LogP contribution in [-0.2, 0) is 6.42 Å². The van der Waals surface area contributed by atoms with Crippen molar-refractivity contribution in [3.63, 3.8) is 0 Å². The van der Waals surface area contributed by atoms with Gasteiger partial charge in [-0.3, -0.25) is 0 Å². The summed E-state index contributed by atoms with van der Waals surface area (Å²) in [5.74, 6) is 0.592. The van der Waals surface area contributed by atoms with Crippen LogP contribution in [0.15, 0.2) is 43.5 Å². The van der Waals surface area contributed by atoms with Crippen molar-refractivity contribution in [3.05, 3.63) is 54.6 Å². The van der Waals surface area contributed by atoms with E-state index in [1.54, 1.807) is 0 Å². The first-order valence-corrected chi connectivity index (χ1v) is 4.71. The Morgan fingerprint density at radius 2 is 2.15 bits per heavy atom. The van der Waals surface area contributed by atoms with Crippen molar-refractivity contribution in [3.8, 4) is 0 Å². The number of allylic oxidation sites excluding steroid dienone is 2. The van der Waals surface area contributed by atoms with Crippen molar-refractivity contribution in [1.29, 1.82) is 0 Å². The van der Waals surface area contributed by atoms with Gasteiger partial charge in [0, 0.05) is 0 Å².